The molecule has 4 nitrogen and oxygen atoms in total. The lowest BCUT2D eigenvalue weighted by atomic mass is 10.00. The Morgan fingerprint density at radius 3 is 2.44 bits per heavy atom. The molecule has 7 heteroatoms. The van der Waals surface area contributed by atoms with Crippen molar-refractivity contribution in [1.82, 2.24) is 0 Å². The molecule has 0 fully saturated rings. The summed E-state index contributed by atoms with van der Waals surface area (Å²) in [5.74, 6) is -0.853. The van der Waals surface area contributed by atoms with Gasteiger partial charge in [-0.05, 0) is 17.7 Å². The minimum Gasteiger partial charge on any atom is -0.390 e. The molecule has 0 aliphatic carbocycles. The minimum absolute atomic E-state index is 0.126. The first kappa shape index (κ1) is 14.5. The highest BCUT2D eigenvalue weighted by Crippen LogP contribution is 2.31. The third-order valence-corrected chi connectivity index (χ3v) is 2.33. The number of nitrogens with two attached hydrogens (primary N) is 1. The van der Waals surface area contributed by atoms with E-state index in [0.717, 1.165) is 18.2 Å². The van der Waals surface area contributed by atoms with Gasteiger partial charge in [-0.25, -0.2) is 0 Å². The number of amides is 1. The van der Waals surface area contributed by atoms with Crippen molar-refractivity contribution in [3.05, 3.63) is 35.4 Å². The second kappa shape index (κ2) is 5.36. The number of benzene rings is 1. The Kier molecular flexibility index (Phi) is 4.31. The minimum atomic E-state index is -4.54. The van der Waals surface area contributed by atoms with Crippen molar-refractivity contribution >= 4 is 5.91 Å². The van der Waals surface area contributed by atoms with Gasteiger partial charge < -0.3 is 15.9 Å². The SMILES string of the molecule is NC(=O)CC(O)C(O)c1cccc(C(F)(F)F)c1. The van der Waals surface area contributed by atoms with Crippen LogP contribution in [0.1, 0.15) is 23.7 Å². The van der Waals surface area contributed by atoms with E-state index in [0.29, 0.717) is 0 Å². The molecule has 1 rings (SSSR count). The van der Waals surface area contributed by atoms with E-state index in [2.05, 4.69) is 0 Å². The molecule has 100 valence electrons. The maximum Gasteiger partial charge on any atom is 0.416 e. The van der Waals surface area contributed by atoms with Gasteiger partial charge in [0.1, 0.15) is 6.10 Å². The number of aliphatic hydroxyl groups is 2. The Labute approximate surface area is 101 Å². The van der Waals surface area contributed by atoms with E-state index in [1.54, 1.807) is 0 Å². The molecule has 0 aliphatic rings. The van der Waals surface area contributed by atoms with Gasteiger partial charge in [-0.3, -0.25) is 4.79 Å². The second-order valence-electron chi connectivity index (χ2n) is 3.81. The lowest BCUT2D eigenvalue weighted by molar-refractivity contribution is -0.137. The van der Waals surface area contributed by atoms with E-state index in [-0.39, 0.29) is 5.56 Å². The molecule has 0 heterocycles. The third-order valence-electron chi connectivity index (χ3n) is 2.33. The molecule has 1 aromatic carbocycles. The Bertz CT molecular complexity index is 434. The molecule has 0 saturated heterocycles. The Hall–Kier alpha value is -1.60. The highest BCUT2D eigenvalue weighted by molar-refractivity contribution is 5.74. The molecule has 0 radical (unpaired) electrons. The fourth-order valence-corrected chi connectivity index (χ4v) is 1.44. The van der Waals surface area contributed by atoms with Crippen molar-refractivity contribution in [3.8, 4) is 0 Å². The standard InChI is InChI=1S/C11H12F3NO3/c12-11(13,14)7-3-1-2-6(4-7)10(18)8(16)5-9(15)17/h1-4,8,10,16,18H,5H2,(H2,15,17). The molecular formula is C11H12F3NO3. The maximum absolute atomic E-state index is 12.4. The average Bonchev–Trinajstić information content (AvgIpc) is 2.26. The topological polar surface area (TPSA) is 83.6 Å². The molecule has 2 atom stereocenters. The predicted octanol–water partition coefficient (Wildman–Crippen LogP) is 0.975. The third kappa shape index (κ3) is 3.71. The summed E-state index contributed by atoms with van der Waals surface area (Å²) in [7, 11) is 0. The smallest absolute Gasteiger partial charge is 0.390 e. The first-order chi connectivity index (χ1) is 8.21. The summed E-state index contributed by atoms with van der Waals surface area (Å²) in [5, 5.41) is 19.0. The number of carbonyl (C=O) groups is 1. The highest BCUT2D eigenvalue weighted by atomic mass is 19.4. The number of rotatable bonds is 4. The molecular weight excluding hydrogens is 251 g/mol. The zero-order valence-electron chi connectivity index (χ0n) is 9.19. The number of primary amides is 1. The molecule has 0 saturated carbocycles. The van der Waals surface area contributed by atoms with Gasteiger partial charge in [0.15, 0.2) is 0 Å². The van der Waals surface area contributed by atoms with Crippen LogP contribution >= 0.6 is 0 Å². The first-order valence-corrected chi connectivity index (χ1v) is 5.03. The van der Waals surface area contributed by atoms with Crippen LogP contribution in [-0.2, 0) is 11.0 Å². The lowest BCUT2D eigenvalue weighted by Crippen LogP contribution is -2.25. The van der Waals surface area contributed by atoms with Crippen LogP contribution in [0.2, 0.25) is 0 Å². The van der Waals surface area contributed by atoms with Crippen molar-refractivity contribution < 1.29 is 28.2 Å². The van der Waals surface area contributed by atoms with Crippen molar-refractivity contribution in [1.29, 1.82) is 0 Å². The number of alkyl halides is 3. The average molecular weight is 263 g/mol. The summed E-state index contributed by atoms with van der Waals surface area (Å²) < 4.78 is 37.3. The number of carbonyl (C=O) groups excluding carboxylic acids is 1. The number of hydrogen-bond donors (Lipinski definition) is 3. The van der Waals surface area contributed by atoms with Crippen molar-refractivity contribution in [2.75, 3.05) is 0 Å². The fraction of sp³-hybridized carbons (Fsp3) is 0.364. The van der Waals surface area contributed by atoms with Crippen LogP contribution in [0.5, 0.6) is 0 Å². The van der Waals surface area contributed by atoms with Crippen LogP contribution in [0.25, 0.3) is 0 Å². The summed E-state index contributed by atoms with van der Waals surface area (Å²) in [6, 6.07) is 3.90. The zero-order chi connectivity index (χ0) is 13.9. The molecule has 1 amide bonds. The predicted molar refractivity (Wildman–Crippen MR) is 56.2 cm³/mol. The second-order valence-corrected chi connectivity index (χ2v) is 3.81. The van der Waals surface area contributed by atoms with E-state index in [9.17, 15) is 28.2 Å². The molecule has 0 bridgehead atoms. The molecule has 0 aromatic heterocycles. The van der Waals surface area contributed by atoms with E-state index >= 15 is 0 Å². The van der Waals surface area contributed by atoms with Crippen LogP contribution in [0.15, 0.2) is 24.3 Å². The largest absolute Gasteiger partial charge is 0.416 e. The van der Waals surface area contributed by atoms with Gasteiger partial charge in [-0.1, -0.05) is 12.1 Å². The van der Waals surface area contributed by atoms with Crippen LogP contribution in [0.3, 0.4) is 0 Å². The van der Waals surface area contributed by atoms with Gasteiger partial charge in [0.25, 0.3) is 0 Å². The Morgan fingerprint density at radius 1 is 1.33 bits per heavy atom. The van der Waals surface area contributed by atoms with Crippen molar-refractivity contribution in [3.63, 3.8) is 0 Å². The number of hydrogen-bond acceptors (Lipinski definition) is 3. The monoisotopic (exact) mass is 263 g/mol. The number of halogens is 3. The summed E-state index contributed by atoms with van der Waals surface area (Å²) in [6.45, 7) is 0. The molecule has 2 unspecified atom stereocenters. The van der Waals surface area contributed by atoms with Gasteiger partial charge in [0, 0.05) is 0 Å². The van der Waals surface area contributed by atoms with Gasteiger partial charge >= 0.3 is 6.18 Å². The lowest BCUT2D eigenvalue weighted by Gasteiger charge is -2.18. The van der Waals surface area contributed by atoms with Crippen LogP contribution in [0.4, 0.5) is 13.2 Å². The molecule has 1 aromatic rings. The van der Waals surface area contributed by atoms with E-state index in [1.807, 2.05) is 0 Å². The van der Waals surface area contributed by atoms with Gasteiger partial charge in [0.2, 0.25) is 5.91 Å². The van der Waals surface area contributed by atoms with Gasteiger partial charge in [-0.2, -0.15) is 13.2 Å². The Morgan fingerprint density at radius 2 is 1.94 bits per heavy atom. The molecule has 18 heavy (non-hydrogen) atoms. The van der Waals surface area contributed by atoms with E-state index in [4.69, 9.17) is 5.73 Å². The van der Waals surface area contributed by atoms with E-state index in [1.165, 1.54) is 6.07 Å². The molecule has 0 aliphatic heterocycles. The van der Waals surface area contributed by atoms with Crippen molar-refractivity contribution in [2.24, 2.45) is 5.73 Å². The quantitative estimate of drug-likeness (QED) is 0.757. The fourth-order valence-electron chi connectivity index (χ4n) is 1.44. The zero-order valence-corrected chi connectivity index (χ0v) is 9.19. The van der Waals surface area contributed by atoms with Crippen LogP contribution in [0, 0.1) is 0 Å². The normalized spacial score (nSPS) is 15.2. The van der Waals surface area contributed by atoms with Crippen LogP contribution < -0.4 is 5.73 Å². The highest BCUT2D eigenvalue weighted by Gasteiger charge is 2.31. The molecule has 0 spiro atoms. The van der Waals surface area contributed by atoms with Crippen LogP contribution in [-0.4, -0.2) is 22.2 Å². The first-order valence-electron chi connectivity index (χ1n) is 5.03. The summed E-state index contributed by atoms with van der Waals surface area (Å²) >= 11 is 0. The Balaban J connectivity index is 2.93. The van der Waals surface area contributed by atoms with E-state index < -0.39 is 36.3 Å². The maximum atomic E-state index is 12.4. The summed E-state index contributed by atoms with van der Waals surface area (Å²) in [6.07, 6.45) is -8.20. The molecule has 4 N–H and O–H groups in total. The van der Waals surface area contributed by atoms with Gasteiger partial charge in [-0.15, -0.1) is 0 Å². The summed E-state index contributed by atoms with van der Waals surface area (Å²) in [5.41, 5.74) is 3.75. The summed E-state index contributed by atoms with van der Waals surface area (Å²) in [4.78, 5) is 10.5. The number of aliphatic hydroxyl groups excluding tert-OH is 2. The van der Waals surface area contributed by atoms with Crippen molar-refractivity contribution in [2.45, 2.75) is 24.8 Å². The van der Waals surface area contributed by atoms with Gasteiger partial charge in [0.05, 0.1) is 18.1 Å².